The van der Waals surface area contributed by atoms with Crippen molar-refractivity contribution in [2.45, 2.75) is 19.5 Å². The van der Waals surface area contributed by atoms with E-state index in [1.807, 2.05) is 12.1 Å². The molecule has 1 saturated heterocycles. The van der Waals surface area contributed by atoms with E-state index in [2.05, 4.69) is 30.1 Å². The van der Waals surface area contributed by atoms with Crippen LogP contribution in [-0.4, -0.2) is 52.4 Å². The van der Waals surface area contributed by atoms with Crippen molar-refractivity contribution in [1.82, 2.24) is 25.5 Å². The van der Waals surface area contributed by atoms with E-state index in [0.717, 1.165) is 5.56 Å². The van der Waals surface area contributed by atoms with Gasteiger partial charge >= 0.3 is 0 Å². The lowest BCUT2D eigenvalue weighted by Gasteiger charge is -2.33. The van der Waals surface area contributed by atoms with Gasteiger partial charge in [-0.1, -0.05) is 16.4 Å². The molecular weight excluding hydrogens is 298 g/mol. The van der Waals surface area contributed by atoms with Gasteiger partial charge in [-0.2, -0.15) is 0 Å². The molecule has 1 N–H and O–H groups in total. The molecule has 3 heterocycles. The van der Waals surface area contributed by atoms with Crippen LogP contribution >= 0.6 is 0 Å². The van der Waals surface area contributed by atoms with Crippen molar-refractivity contribution in [3.05, 3.63) is 41.5 Å². The van der Waals surface area contributed by atoms with E-state index < -0.39 is 6.04 Å². The van der Waals surface area contributed by atoms with Crippen molar-refractivity contribution in [3.63, 3.8) is 0 Å². The minimum Gasteiger partial charge on any atom is -0.379 e. The lowest BCUT2D eigenvalue weighted by molar-refractivity contribution is -0.128. The molecule has 8 nitrogen and oxygen atoms in total. The van der Waals surface area contributed by atoms with E-state index in [1.165, 1.54) is 0 Å². The summed E-state index contributed by atoms with van der Waals surface area (Å²) in [6.45, 7) is 4.73. The molecule has 0 spiro atoms. The largest absolute Gasteiger partial charge is 0.379 e. The smallest absolute Gasteiger partial charge is 0.242 e. The Balaban J connectivity index is 1.74. The number of carbonyl (C=O) groups is 1. The Morgan fingerprint density at radius 2 is 2.22 bits per heavy atom. The number of hydrogen-bond acceptors (Lipinski definition) is 7. The van der Waals surface area contributed by atoms with Crippen LogP contribution in [0.2, 0.25) is 0 Å². The molecular formula is C15H19N5O3. The lowest BCUT2D eigenvalue weighted by atomic mass is 10.1. The molecule has 122 valence electrons. The van der Waals surface area contributed by atoms with E-state index in [-0.39, 0.29) is 12.5 Å². The Kier molecular flexibility index (Phi) is 4.94. The van der Waals surface area contributed by atoms with Crippen LogP contribution in [0.5, 0.6) is 0 Å². The minimum atomic E-state index is -0.396. The average Bonchev–Trinajstić information content (AvgIpc) is 3.00. The van der Waals surface area contributed by atoms with Crippen molar-refractivity contribution in [1.29, 1.82) is 0 Å². The summed E-state index contributed by atoms with van der Waals surface area (Å²) in [5.41, 5.74) is 2.17. The molecule has 0 bridgehead atoms. The molecule has 2 aromatic heterocycles. The fourth-order valence-corrected chi connectivity index (χ4v) is 2.58. The summed E-state index contributed by atoms with van der Waals surface area (Å²) < 4.78 is 10.0. The summed E-state index contributed by atoms with van der Waals surface area (Å²) >= 11 is 0. The van der Waals surface area contributed by atoms with Crippen LogP contribution in [0.15, 0.2) is 29.2 Å². The zero-order chi connectivity index (χ0) is 16.1. The maximum Gasteiger partial charge on any atom is 0.242 e. The number of nitrogens with zero attached hydrogens (tertiary/aromatic N) is 4. The highest BCUT2D eigenvalue weighted by Crippen LogP contribution is 2.21. The van der Waals surface area contributed by atoms with Crippen molar-refractivity contribution in [3.8, 4) is 0 Å². The summed E-state index contributed by atoms with van der Waals surface area (Å²) in [7, 11) is 0. The molecule has 2 aromatic rings. The monoisotopic (exact) mass is 317 g/mol. The maximum absolute atomic E-state index is 12.7. The van der Waals surface area contributed by atoms with Gasteiger partial charge in [0.25, 0.3) is 0 Å². The third-order valence-electron chi connectivity index (χ3n) is 3.84. The second-order valence-corrected chi connectivity index (χ2v) is 5.35. The Morgan fingerprint density at radius 3 is 2.87 bits per heavy atom. The molecule has 0 aromatic carbocycles. The van der Waals surface area contributed by atoms with Gasteiger partial charge in [-0.25, -0.2) is 4.63 Å². The Labute approximate surface area is 133 Å². The Hall–Kier alpha value is -2.32. The highest BCUT2D eigenvalue weighted by atomic mass is 16.6. The van der Waals surface area contributed by atoms with Crippen LogP contribution in [0.3, 0.4) is 0 Å². The number of amides is 1. The van der Waals surface area contributed by atoms with Gasteiger partial charge in [0.2, 0.25) is 5.91 Å². The van der Waals surface area contributed by atoms with Crippen molar-refractivity contribution in [2.75, 3.05) is 26.3 Å². The Bertz CT molecular complexity index is 640. The molecule has 3 rings (SSSR count). The van der Waals surface area contributed by atoms with Gasteiger partial charge in [0, 0.05) is 25.5 Å². The maximum atomic E-state index is 12.7. The first-order valence-corrected chi connectivity index (χ1v) is 7.53. The van der Waals surface area contributed by atoms with Gasteiger partial charge in [-0.15, -0.1) is 0 Å². The van der Waals surface area contributed by atoms with E-state index in [1.54, 1.807) is 19.3 Å². The topological polar surface area (TPSA) is 93.4 Å². The SMILES string of the molecule is Cc1nonc1CNC(=O)[C@@H](c1cccnc1)N1CCOCC1. The second-order valence-electron chi connectivity index (χ2n) is 5.35. The number of ether oxygens (including phenoxy) is 1. The average molecular weight is 317 g/mol. The fourth-order valence-electron chi connectivity index (χ4n) is 2.58. The zero-order valence-corrected chi connectivity index (χ0v) is 12.9. The van der Waals surface area contributed by atoms with Crippen molar-refractivity contribution in [2.24, 2.45) is 0 Å². The van der Waals surface area contributed by atoms with E-state index in [4.69, 9.17) is 4.74 Å². The van der Waals surface area contributed by atoms with Crippen LogP contribution in [0.4, 0.5) is 0 Å². The third-order valence-corrected chi connectivity index (χ3v) is 3.84. The number of pyridine rings is 1. The highest BCUT2D eigenvalue weighted by molar-refractivity contribution is 5.83. The number of nitrogens with one attached hydrogen (secondary N) is 1. The summed E-state index contributed by atoms with van der Waals surface area (Å²) in [6.07, 6.45) is 3.42. The summed E-state index contributed by atoms with van der Waals surface area (Å²) in [4.78, 5) is 19.0. The normalized spacial score (nSPS) is 16.9. The summed E-state index contributed by atoms with van der Waals surface area (Å²) in [5, 5.41) is 10.4. The first-order chi connectivity index (χ1) is 11.3. The van der Waals surface area contributed by atoms with Crippen LogP contribution in [-0.2, 0) is 16.1 Å². The number of rotatable bonds is 5. The van der Waals surface area contributed by atoms with Crippen LogP contribution < -0.4 is 5.32 Å². The van der Waals surface area contributed by atoms with Crippen LogP contribution in [0, 0.1) is 6.92 Å². The summed E-state index contributed by atoms with van der Waals surface area (Å²) in [6, 6.07) is 3.35. The number of hydrogen-bond donors (Lipinski definition) is 1. The number of aromatic nitrogens is 3. The standard InChI is InChI=1S/C15H19N5O3/c1-11-13(19-23-18-11)10-17-15(21)14(12-3-2-4-16-9-12)20-5-7-22-8-6-20/h2-4,9,14H,5-8,10H2,1H3,(H,17,21)/t14-/m1/s1. The fraction of sp³-hybridized carbons (Fsp3) is 0.467. The first-order valence-electron chi connectivity index (χ1n) is 7.53. The molecule has 0 unspecified atom stereocenters. The quantitative estimate of drug-likeness (QED) is 0.856. The molecule has 1 atom stereocenters. The first kappa shape index (κ1) is 15.6. The molecule has 0 radical (unpaired) electrons. The minimum absolute atomic E-state index is 0.0951. The van der Waals surface area contributed by atoms with E-state index in [0.29, 0.717) is 37.7 Å². The van der Waals surface area contributed by atoms with Crippen LogP contribution in [0.1, 0.15) is 23.0 Å². The zero-order valence-electron chi connectivity index (χ0n) is 12.9. The molecule has 1 aliphatic rings. The van der Waals surface area contributed by atoms with Gasteiger partial charge in [-0.05, 0) is 18.6 Å². The molecule has 8 heteroatoms. The molecule has 1 fully saturated rings. The third kappa shape index (κ3) is 3.72. The van der Waals surface area contributed by atoms with Crippen LogP contribution in [0.25, 0.3) is 0 Å². The van der Waals surface area contributed by atoms with Gasteiger partial charge < -0.3 is 10.1 Å². The molecule has 0 aliphatic carbocycles. The number of aryl methyl sites for hydroxylation is 1. The predicted octanol–water partition coefficient (Wildman–Crippen LogP) is 0.463. The lowest BCUT2D eigenvalue weighted by Crippen LogP contribution is -2.45. The predicted molar refractivity (Wildman–Crippen MR) is 80.3 cm³/mol. The number of morpholine rings is 1. The highest BCUT2D eigenvalue weighted by Gasteiger charge is 2.29. The molecule has 1 amide bonds. The van der Waals surface area contributed by atoms with E-state index >= 15 is 0 Å². The molecule has 1 aliphatic heterocycles. The molecule has 23 heavy (non-hydrogen) atoms. The second kappa shape index (κ2) is 7.30. The molecule has 0 saturated carbocycles. The van der Waals surface area contributed by atoms with Gasteiger partial charge in [0.15, 0.2) is 0 Å². The van der Waals surface area contributed by atoms with E-state index in [9.17, 15) is 4.79 Å². The van der Waals surface area contributed by atoms with Gasteiger partial charge in [0.1, 0.15) is 17.4 Å². The van der Waals surface area contributed by atoms with Gasteiger partial charge in [-0.3, -0.25) is 14.7 Å². The number of carbonyl (C=O) groups excluding carboxylic acids is 1. The Morgan fingerprint density at radius 1 is 1.39 bits per heavy atom. The van der Waals surface area contributed by atoms with Crippen molar-refractivity contribution >= 4 is 5.91 Å². The van der Waals surface area contributed by atoms with Gasteiger partial charge in [0.05, 0.1) is 19.8 Å². The van der Waals surface area contributed by atoms with Crippen molar-refractivity contribution < 1.29 is 14.2 Å². The summed E-state index contributed by atoms with van der Waals surface area (Å²) in [5.74, 6) is -0.0951.